The van der Waals surface area contributed by atoms with E-state index in [1.54, 1.807) is 6.07 Å². The number of nitrogens with one attached hydrogen (secondary N) is 1. The quantitative estimate of drug-likeness (QED) is 0.313. The maximum atomic E-state index is 16.8. The zero-order chi connectivity index (χ0) is 29.7. The summed E-state index contributed by atoms with van der Waals surface area (Å²) in [6.07, 6.45) is 8.10. The van der Waals surface area contributed by atoms with Gasteiger partial charge in [0.05, 0.1) is 12.6 Å². The van der Waals surface area contributed by atoms with Crippen molar-refractivity contribution < 1.29 is 18.3 Å². The first kappa shape index (κ1) is 27.7. The number of ether oxygens (including phenoxy) is 2. The fourth-order valence-corrected chi connectivity index (χ4v) is 7.20. The van der Waals surface area contributed by atoms with Gasteiger partial charge in [-0.2, -0.15) is 9.97 Å². The molecule has 43 heavy (non-hydrogen) atoms. The predicted octanol–water partition coefficient (Wildman–Crippen LogP) is 4.73. The summed E-state index contributed by atoms with van der Waals surface area (Å²) in [4.78, 5) is 18.3. The number of fused-ring (bicyclic) bond motifs is 3. The standard InChI is InChI=1S/C33H34F2N6O2/c1-4-20-8-5-9-21-10-6-11-24(25(20)21)28-27(35)29-26(31(37-28)42-3)30(40(2)23-12-14-36-17-23)39-32(38-29)43-19-33-13-7-15-41(33)18-22(34)16-33/h1,5-6,8-11,22-23,36H,7,12-19H2,2-3H3/t22-,23-,33+/m1/s1. The fraction of sp³-hybridized carbons (Fsp3) is 0.424. The second-order valence-electron chi connectivity index (χ2n) is 11.8. The molecule has 0 aliphatic carbocycles. The van der Waals surface area contributed by atoms with Gasteiger partial charge in [0, 0.05) is 49.1 Å². The van der Waals surface area contributed by atoms with Gasteiger partial charge in [0.1, 0.15) is 35.2 Å². The smallest absolute Gasteiger partial charge is 0.319 e. The van der Waals surface area contributed by atoms with Crippen LogP contribution in [-0.2, 0) is 0 Å². The molecule has 7 rings (SSSR count). The zero-order valence-electron chi connectivity index (χ0n) is 24.4. The first-order valence-corrected chi connectivity index (χ1v) is 14.8. The molecule has 0 radical (unpaired) electrons. The summed E-state index contributed by atoms with van der Waals surface area (Å²) in [5, 5.41) is 5.35. The number of benzene rings is 2. The lowest BCUT2D eigenvalue weighted by molar-refractivity contribution is 0.107. The Kier molecular flexibility index (Phi) is 7.02. The summed E-state index contributed by atoms with van der Waals surface area (Å²) in [6, 6.07) is 11.4. The van der Waals surface area contributed by atoms with E-state index in [0.29, 0.717) is 35.3 Å². The van der Waals surface area contributed by atoms with Crippen molar-refractivity contribution in [2.45, 2.75) is 43.4 Å². The number of hydrogen-bond donors (Lipinski definition) is 1. The highest BCUT2D eigenvalue weighted by Crippen LogP contribution is 2.42. The minimum absolute atomic E-state index is 0.0455. The number of nitrogens with zero attached hydrogens (tertiary/aromatic N) is 5. The summed E-state index contributed by atoms with van der Waals surface area (Å²) in [7, 11) is 3.44. The minimum Gasteiger partial charge on any atom is -0.480 e. The molecule has 3 fully saturated rings. The van der Waals surface area contributed by atoms with Crippen LogP contribution in [0, 0.1) is 18.2 Å². The Bertz CT molecular complexity index is 1750. The molecular formula is C33H34F2N6O2. The monoisotopic (exact) mass is 584 g/mol. The van der Waals surface area contributed by atoms with E-state index in [0.717, 1.165) is 49.7 Å². The summed E-state index contributed by atoms with van der Waals surface area (Å²) in [6.45, 7) is 3.12. The van der Waals surface area contributed by atoms with Crippen LogP contribution in [0.15, 0.2) is 36.4 Å². The number of terminal acetylenes is 1. The first-order valence-electron chi connectivity index (χ1n) is 14.8. The molecule has 222 valence electrons. The van der Waals surface area contributed by atoms with Gasteiger partial charge in [0.15, 0.2) is 5.82 Å². The lowest BCUT2D eigenvalue weighted by atomic mass is 9.95. The zero-order valence-corrected chi connectivity index (χ0v) is 24.4. The Morgan fingerprint density at radius 3 is 2.79 bits per heavy atom. The highest BCUT2D eigenvalue weighted by atomic mass is 19.1. The van der Waals surface area contributed by atoms with E-state index >= 15 is 4.39 Å². The molecule has 1 N–H and O–H groups in total. The maximum absolute atomic E-state index is 16.8. The summed E-state index contributed by atoms with van der Waals surface area (Å²) in [5.41, 5.74) is 0.908. The number of alkyl halides is 1. The molecule has 0 amide bonds. The number of aromatic nitrogens is 3. The molecular weight excluding hydrogens is 550 g/mol. The van der Waals surface area contributed by atoms with Crippen molar-refractivity contribution in [3.8, 4) is 35.5 Å². The lowest BCUT2D eigenvalue weighted by Crippen LogP contribution is -2.43. The predicted molar refractivity (Wildman–Crippen MR) is 163 cm³/mol. The molecule has 8 nitrogen and oxygen atoms in total. The Morgan fingerprint density at radius 2 is 2.02 bits per heavy atom. The van der Waals surface area contributed by atoms with Gasteiger partial charge in [-0.15, -0.1) is 6.42 Å². The molecule has 10 heteroatoms. The Balaban J connectivity index is 1.41. The molecule has 5 heterocycles. The van der Waals surface area contributed by atoms with Crippen molar-refractivity contribution in [3.05, 3.63) is 47.8 Å². The van der Waals surface area contributed by atoms with Crippen molar-refractivity contribution in [2.24, 2.45) is 0 Å². The van der Waals surface area contributed by atoms with Crippen LogP contribution in [0.1, 0.15) is 31.2 Å². The Labute approximate surface area is 249 Å². The van der Waals surface area contributed by atoms with Crippen LogP contribution >= 0.6 is 0 Å². The van der Waals surface area contributed by atoms with Gasteiger partial charge in [-0.1, -0.05) is 36.3 Å². The van der Waals surface area contributed by atoms with Gasteiger partial charge in [-0.3, -0.25) is 4.90 Å². The van der Waals surface area contributed by atoms with Crippen LogP contribution in [0.3, 0.4) is 0 Å². The summed E-state index contributed by atoms with van der Waals surface area (Å²) < 4.78 is 43.3. The summed E-state index contributed by atoms with van der Waals surface area (Å²) in [5.74, 6) is 2.78. The molecule has 0 bridgehead atoms. The normalized spacial score (nSPS) is 23.5. The van der Waals surface area contributed by atoms with Crippen LogP contribution in [0.5, 0.6) is 11.9 Å². The molecule has 2 aromatic heterocycles. The van der Waals surface area contributed by atoms with E-state index < -0.39 is 17.5 Å². The van der Waals surface area contributed by atoms with Crippen LogP contribution in [-0.4, -0.2) is 84.5 Å². The molecule has 0 saturated carbocycles. The third-order valence-corrected chi connectivity index (χ3v) is 9.37. The largest absolute Gasteiger partial charge is 0.480 e. The van der Waals surface area contributed by atoms with E-state index in [9.17, 15) is 4.39 Å². The first-order chi connectivity index (χ1) is 20.9. The average Bonchev–Trinajstić information content (AvgIpc) is 3.76. The van der Waals surface area contributed by atoms with Gasteiger partial charge in [-0.25, -0.2) is 13.8 Å². The molecule has 3 atom stereocenters. The number of hydrogen-bond acceptors (Lipinski definition) is 8. The SMILES string of the molecule is C#Cc1cccc2cccc(-c3nc(OC)c4c(N(C)[C@@H]5CCNC5)nc(OC[C@@]56CCCN5C[C@H](F)C6)nc4c3F)c12. The number of anilines is 1. The van der Waals surface area contributed by atoms with E-state index in [1.165, 1.54) is 7.11 Å². The lowest BCUT2D eigenvalue weighted by Gasteiger charge is -2.31. The van der Waals surface area contributed by atoms with Crippen molar-refractivity contribution in [2.75, 3.05) is 51.8 Å². The van der Waals surface area contributed by atoms with Gasteiger partial charge >= 0.3 is 6.01 Å². The average molecular weight is 585 g/mol. The van der Waals surface area contributed by atoms with Crippen molar-refractivity contribution in [1.82, 2.24) is 25.2 Å². The van der Waals surface area contributed by atoms with Crippen LogP contribution in [0.25, 0.3) is 32.9 Å². The number of pyridine rings is 1. The Morgan fingerprint density at radius 1 is 1.19 bits per heavy atom. The highest BCUT2D eigenvalue weighted by molar-refractivity contribution is 6.03. The third kappa shape index (κ3) is 4.62. The molecule has 3 aliphatic rings. The van der Waals surface area contributed by atoms with Crippen LogP contribution in [0.2, 0.25) is 0 Å². The maximum Gasteiger partial charge on any atom is 0.319 e. The molecule has 3 aliphatic heterocycles. The number of methoxy groups -OCH3 is 1. The van der Waals surface area contributed by atoms with Crippen molar-refractivity contribution in [3.63, 3.8) is 0 Å². The van der Waals surface area contributed by atoms with Crippen LogP contribution < -0.4 is 19.7 Å². The van der Waals surface area contributed by atoms with Gasteiger partial charge in [0.2, 0.25) is 5.88 Å². The van der Waals surface area contributed by atoms with Crippen LogP contribution in [0.4, 0.5) is 14.6 Å². The number of likely N-dealkylation sites (N-methyl/N-ethyl adjacent to an activating group) is 1. The fourth-order valence-electron chi connectivity index (χ4n) is 7.20. The van der Waals surface area contributed by atoms with E-state index in [-0.39, 0.29) is 35.7 Å². The second-order valence-corrected chi connectivity index (χ2v) is 11.8. The molecule has 4 aromatic rings. The van der Waals surface area contributed by atoms with E-state index in [4.69, 9.17) is 25.9 Å². The molecule has 3 saturated heterocycles. The van der Waals surface area contributed by atoms with E-state index in [1.807, 2.05) is 42.3 Å². The number of rotatable bonds is 7. The third-order valence-electron chi connectivity index (χ3n) is 9.37. The topological polar surface area (TPSA) is 75.6 Å². The summed E-state index contributed by atoms with van der Waals surface area (Å²) >= 11 is 0. The van der Waals surface area contributed by atoms with Crippen molar-refractivity contribution >= 4 is 27.5 Å². The molecule has 0 spiro atoms. The highest BCUT2D eigenvalue weighted by Gasteiger charge is 2.49. The minimum atomic E-state index is -0.887. The van der Waals surface area contributed by atoms with Crippen molar-refractivity contribution in [1.29, 1.82) is 0 Å². The molecule has 2 aromatic carbocycles. The van der Waals surface area contributed by atoms with Gasteiger partial charge in [-0.05, 0) is 43.8 Å². The van der Waals surface area contributed by atoms with E-state index in [2.05, 4.69) is 21.1 Å². The second kappa shape index (κ2) is 10.9. The van der Waals surface area contributed by atoms with Gasteiger partial charge < -0.3 is 19.7 Å². The number of halogens is 2. The Hall–Kier alpha value is -4.07. The van der Waals surface area contributed by atoms with Gasteiger partial charge in [0.25, 0.3) is 0 Å². The molecule has 0 unspecified atom stereocenters.